The number of hydrogen-bond acceptors (Lipinski definition) is 15. The maximum Gasteiger partial charge on any atom is 0.338 e. The number of ether oxygens (including phenoxy) is 6. The topological polar surface area (TPSA) is 231 Å². The van der Waals surface area contributed by atoms with Crippen LogP contribution in [0, 0.1) is 0 Å². The van der Waals surface area contributed by atoms with Crippen LogP contribution in [0.5, 0.6) is 11.5 Å². The van der Waals surface area contributed by atoms with Gasteiger partial charge in [0.1, 0.15) is 37.1 Å². The van der Waals surface area contributed by atoms with Crippen molar-refractivity contribution in [3.63, 3.8) is 0 Å². The maximum absolute atomic E-state index is 12.7. The highest BCUT2D eigenvalue weighted by Crippen LogP contribution is 2.38. The monoisotopic (exact) mass is 622 g/mol. The summed E-state index contributed by atoms with van der Waals surface area (Å²) in [4.78, 5) is 25.3. The van der Waals surface area contributed by atoms with Gasteiger partial charge in [0.2, 0.25) is 5.79 Å². The third kappa shape index (κ3) is 7.02. The first-order valence-corrected chi connectivity index (χ1v) is 13.5. The number of benzene rings is 2. The van der Waals surface area contributed by atoms with Crippen LogP contribution in [0.15, 0.2) is 54.6 Å². The molecule has 2 heterocycles. The minimum absolute atomic E-state index is 0.125. The molecule has 4 rings (SSSR count). The van der Waals surface area contributed by atoms with Crippen molar-refractivity contribution in [3.05, 3.63) is 65.7 Å². The van der Waals surface area contributed by atoms with Crippen molar-refractivity contribution in [1.82, 2.24) is 0 Å². The van der Waals surface area contributed by atoms with Crippen LogP contribution in [-0.4, -0.2) is 129 Å². The number of rotatable bonds is 11. The molecule has 2 aromatic carbocycles. The first-order chi connectivity index (χ1) is 21.1. The van der Waals surface area contributed by atoms with Gasteiger partial charge in [-0.1, -0.05) is 24.3 Å². The van der Waals surface area contributed by atoms with Gasteiger partial charge >= 0.3 is 11.9 Å². The molecule has 2 aliphatic heterocycles. The van der Waals surface area contributed by atoms with Crippen LogP contribution in [0.4, 0.5) is 0 Å². The van der Waals surface area contributed by atoms with Crippen LogP contribution in [-0.2, 0) is 28.5 Å². The van der Waals surface area contributed by atoms with E-state index in [-0.39, 0.29) is 17.1 Å². The lowest BCUT2D eigenvalue weighted by molar-refractivity contribution is -0.383. The molecule has 0 spiro atoms. The van der Waals surface area contributed by atoms with Crippen molar-refractivity contribution in [1.29, 1.82) is 0 Å². The van der Waals surface area contributed by atoms with Gasteiger partial charge in [0.05, 0.1) is 25.9 Å². The Morgan fingerprint density at radius 2 is 1.64 bits per heavy atom. The molecule has 0 aromatic heterocycles. The zero-order chi connectivity index (χ0) is 32.0. The number of carbonyl (C=O) groups excluding carboxylic acids is 2. The molecule has 9 atom stereocenters. The summed E-state index contributed by atoms with van der Waals surface area (Å²) in [5, 5.41) is 72.1. The Morgan fingerprint density at radius 1 is 0.932 bits per heavy atom. The van der Waals surface area contributed by atoms with Gasteiger partial charge in [-0.05, 0) is 35.9 Å². The van der Waals surface area contributed by atoms with E-state index in [4.69, 9.17) is 28.4 Å². The molecule has 0 bridgehead atoms. The highest BCUT2D eigenvalue weighted by Gasteiger charge is 2.61. The lowest BCUT2D eigenvalue weighted by Gasteiger charge is -2.44. The summed E-state index contributed by atoms with van der Waals surface area (Å²) in [5.74, 6) is -4.33. The maximum atomic E-state index is 12.7. The van der Waals surface area contributed by atoms with Crippen LogP contribution in [0.25, 0.3) is 6.08 Å². The summed E-state index contributed by atoms with van der Waals surface area (Å²) in [6.45, 7) is -2.70. The van der Waals surface area contributed by atoms with E-state index in [0.717, 1.165) is 6.08 Å². The third-order valence-corrected chi connectivity index (χ3v) is 7.12. The number of aliphatic hydroxyl groups is 6. The Labute approximate surface area is 251 Å². The fraction of sp³-hybridized carbons (Fsp3) is 0.448. The molecular formula is C29H34O15. The molecule has 0 radical (unpaired) electrons. The normalized spacial score (nSPS) is 32.0. The molecular weight excluding hydrogens is 588 g/mol. The molecule has 0 unspecified atom stereocenters. The number of methoxy groups -OCH3 is 1. The first kappa shape index (κ1) is 33.3. The van der Waals surface area contributed by atoms with Crippen molar-refractivity contribution in [3.8, 4) is 11.5 Å². The van der Waals surface area contributed by atoms with Gasteiger partial charge in [-0.3, -0.25) is 0 Å². The molecule has 7 N–H and O–H groups in total. The fourth-order valence-corrected chi connectivity index (χ4v) is 4.80. The second-order valence-electron chi connectivity index (χ2n) is 9.98. The largest absolute Gasteiger partial charge is 0.504 e. The highest BCUT2D eigenvalue weighted by molar-refractivity contribution is 5.89. The van der Waals surface area contributed by atoms with Crippen LogP contribution in [0.2, 0.25) is 0 Å². The Kier molecular flexibility index (Phi) is 10.9. The third-order valence-electron chi connectivity index (χ3n) is 7.12. The standard InChI is InChI=1S/C29H34O15/c1-39-18-11-15(7-9-17(18)33)8-10-21(34)41-26-22(35)19(12-30)43-29(26,14-32)44-28-24(37)23(36)25(20(13-31)40-28)42-27(38)16-5-3-2-4-6-16/h2-11,19-20,22-26,28,30-33,35-37H,12-14H2,1H3/b10-8+/t19-,20+,22+,23+,24+,25+,26-,28+,29-/m0/s1. The molecule has 240 valence electrons. The van der Waals surface area contributed by atoms with E-state index in [1.807, 2.05) is 0 Å². The summed E-state index contributed by atoms with van der Waals surface area (Å²) >= 11 is 0. The highest BCUT2D eigenvalue weighted by atomic mass is 16.8. The van der Waals surface area contributed by atoms with E-state index < -0.39 is 86.6 Å². The molecule has 0 saturated carbocycles. The second-order valence-corrected chi connectivity index (χ2v) is 9.98. The van der Waals surface area contributed by atoms with Crippen LogP contribution in [0.1, 0.15) is 15.9 Å². The number of phenolic OH excluding ortho intramolecular Hbond substituents is 1. The summed E-state index contributed by atoms with van der Waals surface area (Å²) in [6, 6.07) is 12.0. The second kappa shape index (κ2) is 14.4. The predicted octanol–water partition coefficient (Wildman–Crippen LogP) is -1.55. The molecule has 2 fully saturated rings. The minimum Gasteiger partial charge on any atom is -0.504 e. The number of carbonyl (C=O) groups is 2. The zero-order valence-corrected chi connectivity index (χ0v) is 23.4. The Hall–Kier alpha value is -3.64. The number of hydrogen-bond donors (Lipinski definition) is 7. The fourth-order valence-electron chi connectivity index (χ4n) is 4.80. The minimum atomic E-state index is -2.43. The van der Waals surface area contributed by atoms with E-state index in [1.165, 1.54) is 43.5 Å². The lowest BCUT2D eigenvalue weighted by atomic mass is 9.98. The van der Waals surface area contributed by atoms with E-state index in [0.29, 0.717) is 5.56 Å². The molecule has 44 heavy (non-hydrogen) atoms. The summed E-state index contributed by atoms with van der Waals surface area (Å²) in [7, 11) is 1.34. The van der Waals surface area contributed by atoms with Crippen molar-refractivity contribution >= 4 is 18.0 Å². The van der Waals surface area contributed by atoms with Gasteiger partial charge in [-0.25, -0.2) is 9.59 Å². The van der Waals surface area contributed by atoms with E-state index >= 15 is 0 Å². The smallest absolute Gasteiger partial charge is 0.338 e. The number of esters is 2. The van der Waals surface area contributed by atoms with Gasteiger partial charge in [-0.15, -0.1) is 0 Å². The van der Waals surface area contributed by atoms with Gasteiger partial charge in [0.15, 0.2) is 30.0 Å². The summed E-state index contributed by atoms with van der Waals surface area (Å²) < 4.78 is 32.5. The Balaban J connectivity index is 1.51. The van der Waals surface area contributed by atoms with E-state index in [1.54, 1.807) is 18.2 Å². The number of aromatic hydroxyl groups is 1. The summed E-state index contributed by atoms with van der Waals surface area (Å²) in [5.41, 5.74) is 0.568. The molecule has 0 amide bonds. The molecule has 15 nitrogen and oxygen atoms in total. The quantitative estimate of drug-likeness (QED) is 0.111. The first-order valence-electron chi connectivity index (χ1n) is 13.5. The van der Waals surface area contributed by atoms with Crippen molar-refractivity contribution in [2.75, 3.05) is 26.9 Å². The van der Waals surface area contributed by atoms with E-state index in [2.05, 4.69) is 0 Å². The predicted molar refractivity (Wildman–Crippen MR) is 146 cm³/mol. The number of aliphatic hydroxyl groups excluding tert-OH is 6. The van der Waals surface area contributed by atoms with Crippen molar-refractivity contribution in [2.24, 2.45) is 0 Å². The molecule has 2 aromatic rings. The molecule has 0 aliphatic carbocycles. The molecule has 15 heteroatoms. The van der Waals surface area contributed by atoms with Crippen molar-refractivity contribution in [2.45, 2.75) is 54.8 Å². The molecule has 2 aliphatic rings. The van der Waals surface area contributed by atoms with Crippen molar-refractivity contribution < 1.29 is 73.8 Å². The Morgan fingerprint density at radius 3 is 2.27 bits per heavy atom. The van der Waals surface area contributed by atoms with Crippen LogP contribution in [0.3, 0.4) is 0 Å². The SMILES string of the molecule is COc1cc(/C=C/C(=O)O[C@H]2[C@H](O)[C@H](CO)O[C@@]2(CO)O[C@H]2O[C@H](CO)[C@@H](OC(=O)c3ccccc3)[C@H](O)[C@H]2O)ccc1O. The van der Waals surface area contributed by atoms with Gasteiger partial charge in [-0.2, -0.15) is 0 Å². The van der Waals surface area contributed by atoms with E-state index in [9.17, 15) is 45.3 Å². The lowest BCUT2D eigenvalue weighted by Crippen LogP contribution is -2.63. The van der Waals surface area contributed by atoms with Gasteiger partial charge in [0, 0.05) is 6.08 Å². The Bertz CT molecular complexity index is 1300. The number of phenols is 1. The zero-order valence-electron chi connectivity index (χ0n) is 23.4. The average molecular weight is 623 g/mol. The molecule has 2 saturated heterocycles. The van der Waals surface area contributed by atoms with Crippen LogP contribution >= 0.6 is 0 Å². The average Bonchev–Trinajstić information content (AvgIpc) is 3.30. The van der Waals surface area contributed by atoms with Gasteiger partial charge in [0.25, 0.3) is 0 Å². The van der Waals surface area contributed by atoms with Crippen LogP contribution < -0.4 is 4.74 Å². The summed E-state index contributed by atoms with van der Waals surface area (Å²) in [6.07, 6.45) is -11.4. The van der Waals surface area contributed by atoms with Gasteiger partial charge < -0.3 is 64.2 Å².